The Bertz CT molecular complexity index is 1440. The van der Waals surface area contributed by atoms with Crippen LogP contribution in [0.1, 0.15) is 68.7 Å². The molecule has 0 radical (unpaired) electrons. The van der Waals surface area contributed by atoms with Crippen LogP contribution in [-0.2, 0) is 19.3 Å². The molecule has 0 aliphatic rings. The zero-order chi connectivity index (χ0) is 29.6. The summed E-state index contributed by atoms with van der Waals surface area (Å²) in [5, 5.41) is 18.4. The Morgan fingerprint density at radius 2 is 1.24 bits per heavy atom. The van der Waals surface area contributed by atoms with Gasteiger partial charge >= 0.3 is 11.9 Å². The molecule has 0 heterocycles. The van der Waals surface area contributed by atoms with Crippen molar-refractivity contribution < 1.29 is 24.5 Å². The van der Waals surface area contributed by atoms with Gasteiger partial charge in [-0.2, -0.15) is 0 Å². The molecule has 42 heavy (non-hydrogen) atoms. The summed E-state index contributed by atoms with van der Waals surface area (Å²) in [7, 11) is 0. The van der Waals surface area contributed by atoms with Gasteiger partial charge in [-0.1, -0.05) is 84.9 Å². The number of para-hydroxylation sites is 1. The van der Waals surface area contributed by atoms with Crippen LogP contribution in [0.25, 0.3) is 6.08 Å². The van der Waals surface area contributed by atoms with Crippen molar-refractivity contribution in [2.75, 3.05) is 6.61 Å². The zero-order valence-electron chi connectivity index (χ0n) is 23.8. The number of carboxylic acids is 2. The van der Waals surface area contributed by atoms with Crippen molar-refractivity contribution in [3.8, 4) is 5.75 Å². The quantitative estimate of drug-likeness (QED) is 0.134. The Labute approximate surface area is 248 Å². The number of allylic oxidation sites excluding steroid dienone is 1. The SMILES string of the molecule is O=C(O)c1ccc(CC[C@H](/C=C/c2ccccc2OCCCCCc2ccccc2)Cc2ccc(C(=O)O)cc2)cc1. The Morgan fingerprint density at radius 3 is 1.90 bits per heavy atom. The Balaban J connectivity index is 1.38. The predicted octanol–water partition coefficient (Wildman–Crippen LogP) is 8.38. The van der Waals surface area contributed by atoms with Gasteiger partial charge in [0.1, 0.15) is 5.75 Å². The van der Waals surface area contributed by atoms with E-state index in [0.717, 1.165) is 67.4 Å². The van der Waals surface area contributed by atoms with Gasteiger partial charge in [0, 0.05) is 5.56 Å². The minimum atomic E-state index is -0.935. The number of aromatic carboxylic acids is 2. The zero-order valence-corrected chi connectivity index (χ0v) is 23.8. The lowest BCUT2D eigenvalue weighted by molar-refractivity contribution is 0.0686. The number of unbranched alkanes of at least 4 members (excludes halogenated alkanes) is 2. The van der Waals surface area contributed by atoms with Gasteiger partial charge in [0.2, 0.25) is 0 Å². The topological polar surface area (TPSA) is 83.8 Å². The molecular formula is C37H38O5. The number of rotatable bonds is 16. The molecule has 4 aromatic carbocycles. The lowest BCUT2D eigenvalue weighted by atomic mass is 9.91. The highest BCUT2D eigenvalue weighted by atomic mass is 16.5. The molecule has 0 unspecified atom stereocenters. The number of benzene rings is 4. The van der Waals surface area contributed by atoms with Crippen molar-refractivity contribution in [3.63, 3.8) is 0 Å². The molecule has 0 aliphatic heterocycles. The molecule has 0 amide bonds. The van der Waals surface area contributed by atoms with Crippen molar-refractivity contribution in [3.05, 3.63) is 143 Å². The number of carboxylic acid groups (broad SMARTS) is 2. The molecule has 0 bridgehead atoms. The maximum absolute atomic E-state index is 11.3. The minimum absolute atomic E-state index is 0.186. The first kappa shape index (κ1) is 30.3. The van der Waals surface area contributed by atoms with Crippen molar-refractivity contribution in [1.29, 1.82) is 0 Å². The highest BCUT2D eigenvalue weighted by molar-refractivity contribution is 5.88. The fraction of sp³-hybridized carbons (Fsp3) is 0.243. The first-order valence-corrected chi connectivity index (χ1v) is 14.6. The van der Waals surface area contributed by atoms with Gasteiger partial charge in [0.15, 0.2) is 0 Å². The van der Waals surface area contributed by atoms with Crippen molar-refractivity contribution in [2.24, 2.45) is 5.92 Å². The van der Waals surface area contributed by atoms with Gasteiger partial charge in [-0.25, -0.2) is 9.59 Å². The number of ether oxygens (including phenoxy) is 1. The molecule has 0 saturated carbocycles. The third-order valence-corrected chi connectivity index (χ3v) is 7.38. The summed E-state index contributed by atoms with van der Waals surface area (Å²) in [6.07, 6.45) is 11.1. The maximum atomic E-state index is 11.3. The first-order valence-electron chi connectivity index (χ1n) is 14.6. The minimum Gasteiger partial charge on any atom is -0.493 e. The number of carbonyl (C=O) groups is 2. The summed E-state index contributed by atoms with van der Waals surface area (Å²) < 4.78 is 6.18. The standard InChI is InChI=1S/C37H38O5/c38-36(39)33-22-16-29(17-23-33)14-15-30(27-31-19-24-34(25-20-31)37(40)41)18-21-32-12-6-7-13-35(32)42-26-8-2-5-11-28-9-3-1-4-10-28/h1,3-4,6-7,9-10,12-13,16-25,30H,2,5,8,11,14-15,26-27H2,(H,38,39)(H,40,41)/b21-18+/t30-/m1/s1. The summed E-state index contributed by atoms with van der Waals surface area (Å²) in [5.41, 5.74) is 5.10. The Morgan fingerprint density at radius 1 is 0.643 bits per heavy atom. The number of hydrogen-bond donors (Lipinski definition) is 2. The third kappa shape index (κ3) is 9.77. The van der Waals surface area contributed by atoms with Gasteiger partial charge in [-0.3, -0.25) is 0 Å². The summed E-state index contributed by atoms with van der Waals surface area (Å²) in [5.74, 6) is -0.813. The second-order valence-electron chi connectivity index (χ2n) is 10.5. The van der Waals surface area contributed by atoms with Gasteiger partial charge in [0.25, 0.3) is 0 Å². The van der Waals surface area contributed by atoms with E-state index in [-0.39, 0.29) is 17.0 Å². The van der Waals surface area contributed by atoms with Crippen molar-refractivity contribution in [1.82, 2.24) is 0 Å². The molecule has 5 nitrogen and oxygen atoms in total. The molecular weight excluding hydrogens is 524 g/mol. The number of aryl methyl sites for hydroxylation is 2. The molecule has 0 spiro atoms. The molecule has 2 N–H and O–H groups in total. The third-order valence-electron chi connectivity index (χ3n) is 7.38. The van der Waals surface area contributed by atoms with Crippen LogP contribution in [0.15, 0.2) is 109 Å². The van der Waals surface area contributed by atoms with E-state index >= 15 is 0 Å². The van der Waals surface area contributed by atoms with Crippen LogP contribution in [0.2, 0.25) is 0 Å². The average molecular weight is 563 g/mol. The fourth-order valence-corrected chi connectivity index (χ4v) is 4.94. The molecule has 0 aromatic heterocycles. The van der Waals surface area contributed by atoms with Crippen LogP contribution in [0.4, 0.5) is 0 Å². The van der Waals surface area contributed by atoms with E-state index in [9.17, 15) is 19.8 Å². The van der Waals surface area contributed by atoms with E-state index in [4.69, 9.17) is 4.74 Å². The molecule has 5 heteroatoms. The van der Waals surface area contributed by atoms with E-state index < -0.39 is 11.9 Å². The van der Waals surface area contributed by atoms with E-state index in [2.05, 4.69) is 42.5 Å². The Hall–Kier alpha value is -4.64. The average Bonchev–Trinajstić information content (AvgIpc) is 3.01. The molecule has 4 rings (SSSR count). The first-order chi connectivity index (χ1) is 20.5. The summed E-state index contributed by atoms with van der Waals surface area (Å²) >= 11 is 0. The van der Waals surface area contributed by atoms with E-state index in [1.807, 2.05) is 48.5 Å². The van der Waals surface area contributed by atoms with Gasteiger partial charge in [0.05, 0.1) is 17.7 Å². The largest absolute Gasteiger partial charge is 0.493 e. The summed E-state index contributed by atoms with van der Waals surface area (Å²) in [4.78, 5) is 22.5. The lowest BCUT2D eigenvalue weighted by Gasteiger charge is -2.15. The highest BCUT2D eigenvalue weighted by Gasteiger charge is 2.11. The predicted molar refractivity (Wildman–Crippen MR) is 167 cm³/mol. The maximum Gasteiger partial charge on any atom is 0.335 e. The van der Waals surface area contributed by atoms with Crippen LogP contribution in [0.5, 0.6) is 5.75 Å². The van der Waals surface area contributed by atoms with E-state index in [1.165, 1.54) is 5.56 Å². The normalized spacial score (nSPS) is 11.8. The van der Waals surface area contributed by atoms with Gasteiger partial charge < -0.3 is 14.9 Å². The molecule has 4 aromatic rings. The molecule has 0 aliphatic carbocycles. The summed E-state index contributed by atoms with van der Waals surface area (Å²) in [6, 6.07) is 32.7. The smallest absolute Gasteiger partial charge is 0.335 e. The molecule has 0 saturated heterocycles. The highest BCUT2D eigenvalue weighted by Crippen LogP contribution is 2.24. The second kappa shape index (κ2) is 16.0. The van der Waals surface area contributed by atoms with Crippen LogP contribution in [-0.4, -0.2) is 28.8 Å². The Kier molecular flexibility index (Phi) is 11.5. The van der Waals surface area contributed by atoms with Crippen molar-refractivity contribution in [2.45, 2.75) is 44.9 Å². The fourth-order valence-electron chi connectivity index (χ4n) is 4.94. The monoisotopic (exact) mass is 562 g/mol. The molecule has 216 valence electrons. The second-order valence-corrected chi connectivity index (χ2v) is 10.5. The summed E-state index contributed by atoms with van der Waals surface area (Å²) in [6.45, 7) is 0.672. The van der Waals surface area contributed by atoms with Crippen LogP contribution in [0.3, 0.4) is 0 Å². The van der Waals surface area contributed by atoms with Crippen LogP contribution < -0.4 is 4.74 Å². The molecule has 1 atom stereocenters. The van der Waals surface area contributed by atoms with Gasteiger partial charge in [-0.05, 0) is 97.9 Å². The van der Waals surface area contributed by atoms with E-state index in [1.54, 1.807) is 24.3 Å². The van der Waals surface area contributed by atoms with E-state index in [0.29, 0.717) is 6.61 Å². The van der Waals surface area contributed by atoms with Gasteiger partial charge in [-0.15, -0.1) is 0 Å². The van der Waals surface area contributed by atoms with Crippen molar-refractivity contribution >= 4 is 18.0 Å². The van der Waals surface area contributed by atoms with Crippen LogP contribution >= 0.6 is 0 Å². The van der Waals surface area contributed by atoms with Crippen LogP contribution in [0, 0.1) is 5.92 Å². The molecule has 0 fully saturated rings. The lowest BCUT2D eigenvalue weighted by Crippen LogP contribution is -2.05. The number of hydrogen-bond acceptors (Lipinski definition) is 3.